The van der Waals surface area contributed by atoms with Gasteiger partial charge in [-0.2, -0.15) is 0 Å². The molecule has 3 atom stereocenters. The summed E-state index contributed by atoms with van der Waals surface area (Å²) in [5, 5.41) is 9.20. The molecule has 1 amide bonds. The highest BCUT2D eigenvalue weighted by atomic mass is 16.6. The molecule has 5 heteroatoms. The molecule has 0 radical (unpaired) electrons. The number of likely N-dealkylation sites (tertiary alicyclic amines) is 1. The third-order valence-electron chi connectivity index (χ3n) is 3.34. The van der Waals surface area contributed by atoms with Crippen LogP contribution in [0.15, 0.2) is 0 Å². The van der Waals surface area contributed by atoms with Crippen molar-refractivity contribution >= 4 is 12.1 Å². The van der Waals surface area contributed by atoms with Gasteiger partial charge in [0.05, 0.1) is 0 Å². The van der Waals surface area contributed by atoms with Gasteiger partial charge in [-0.3, -0.25) is 4.90 Å². The van der Waals surface area contributed by atoms with E-state index in [9.17, 15) is 14.7 Å². The zero-order valence-electron chi connectivity index (χ0n) is 10.5. The van der Waals surface area contributed by atoms with Crippen molar-refractivity contribution in [2.24, 2.45) is 11.8 Å². The van der Waals surface area contributed by atoms with Crippen molar-refractivity contribution in [3.05, 3.63) is 0 Å². The summed E-state index contributed by atoms with van der Waals surface area (Å²) in [6, 6.07) is -0.691. The minimum absolute atomic E-state index is 0.133. The van der Waals surface area contributed by atoms with Crippen LogP contribution in [0, 0.1) is 11.8 Å². The second-order valence-electron chi connectivity index (χ2n) is 5.91. The zero-order chi connectivity index (χ0) is 12.8. The van der Waals surface area contributed by atoms with Crippen molar-refractivity contribution in [1.29, 1.82) is 0 Å². The molecule has 96 valence electrons. The van der Waals surface area contributed by atoms with Crippen LogP contribution >= 0.6 is 0 Å². The predicted molar refractivity (Wildman–Crippen MR) is 60.6 cm³/mol. The molecule has 0 aromatic carbocycles. The summed E-state index contributed by atoms with van der Waals surface area (Å²) in [4.78, 5) is 24.5. The van der Waals surface area contributed by atoms with Crippen LogP contribution in [0.3, 0.4) is 0 Å². The number of fused-ring (bicyclic) bond motifs is 1. The average Bonchev–Trinajstić information content (AvgIpc) is 2.90. The Bertz CT molecular complexity index is 347. The summed E-state index contributed by atoms with van der Waals surface area (Å²) in [6.07, 6.45) is 1.32. The first-order valence-electron chi connectivity index (χ1n) is 6.02. The lowest BCUT2D eigenvalue weighted by Crippen LogP contribution is -2.51. The van der Waals surface area contributed by atoms with E-state index in [1.54, 1.807) is 20.8 Å². The van der Waals surface area contributed by atoms with Crippen molar-refractivity contribution < 1.29 is 19.4 Å². The monoisotopic (exact) mass is 241 g/mol. The number of hydrogen-bond donors (Lipinski definition) is 1. The normalized spacial score (nSPS) is 31.7. The van der Waals surface area contributed by atoms with Gasteiger partial charge in [-0.15, -0.1) is 0 Å². The van der Waals surface area contributed by atoms with Crippen molar-refractivity contribution in [3.8, 4) is 0 Å². The second-order valence-corrected chi connectivity index (χ2v) is 5.91. The van der Waals surface area contributed by atoms with E-state index >= 15 is 0 Å². The van der Waals surface area contributed by atoms with Crippen LogP contribution in [0.25, 0.3) is 0 Å². The number of carboxylic acid groups (broad SMARTS) is 1. The lowest BCUT2D eigenvalue weighted by Gasteiger charge is -2.34. The summed E-state index contributed by atoms with van der Waals surface area (Å²) in [7, 11) is 0. The maximum absolute atomic E-state index is 11.9. The number of amides is 1. The number of ether oxygens (including phenoxy) is 1. The van der Waals surface area contributed by atoms with Gasteiger partial charge in [0, 0.05) is 6.54 Å². The molecule has 3 unspecified atom stereocenters. The molecule has 1 heterocycles. The first kappa shape index (κ1) is 12.2. The second kappa shape index (κ2) is 3.89. The maximum atomic E-state index is 11.9. The minimum atomic E-state index is -0.914. The quantitative estimate of drug-likeness (QED) is 0.759. The fourth-order valence-corrected chi connectivity index (χ4v) is 2.51. The summed E-state index contributed by atoms with van der Waals surface area (Å²) >= 11 is 0. The Morgan fingerprint density at radius 2 is 2.00 bits per heavy atom. The van der Waals surface area contributed by atoms with E-state index in [1.165, 1.54) is 4.90 Å². The molecule has 1 saturated carbocycles. The highest BCUT2D eigenvalue weighted by Gasteiger charge is 2.53. The molecule has 2 fully saturated rings. The molecule has 0 spiro atoms. The predicted octanol–water partition coefficient (Wildman–Crippen LogP) is 1.72. The van der Waals surface area contributed by atoms with Crippen molar-refractivity contribution in [1.82, 2.24) is 4.90 Å². The van der Waals surface area contributed by atoms with E-state index < -0.39 is 23.7 Å². The van der Waals surface area contributed by atoms with E-state index in [0.29, 0.717) is 12.5 Å². The van der Waals surface area contributed by atoms with Gasteiger partial charge in [-0.25, -0.2) is 9.59 Å². The van der Waals surface area contributed by atoms with Crippen LogP contribution in [-0.4, -0.2) is 40.3 Å². The largest absolute Gasteiger partial charge is 0.480 e. The number of rotatable bonds is 1. The third kappa shape index (κ3) is 2.53. The third-order valence-corrected chi connectivity index (χ3v) is 3.34. The van der Waals surface area contributed by atoms with E-state index in [4.69, 9.17) is 4.74 Å². The topological polar surface area (TPSA) is 66.8 Å². The fourth-order valence-electron chi connectivity index (χ4n) is 2.51. The minimum Gasteiger partial charge on any atom is -0.480 e. The molecular weight excluding hydrogens is 222 g/mol. The Kier molecular flexibility index (Phi) is 2.79. The van der Waals surface area contributed by atoms with Crippen molar-refractivity contribution in [3.63, 3.8) is 0 Å². The molecule has 0 bridgehead atoms. The van der Waals surface area contributed by atoms with E-state index in [2.05, 4.69) is 0 Å². The summed E-state index contributed by atoms with van der Waals surface area (Å²) in [5.74, 6) is -0.286. The Morgan fingerprint density at radius 3 is 2.53 bits per heavy atom. The maximum Gasteiger partial charge on any atom is 0.411 e. The number of carboxylic acids is 1. The Hall–Kier alpha value is -1.26. The van der Waals surface area contributed by atoms with Crippen LogP contribution in [0.4, 0.5) is 4.79 Å². The lowest BCUT2D eigenvalue weighted by molar-refractivity contribution is -0.145. The molecule has 5 nitrogen and oxygen atoms in total. The molecule has 17 heavy (non-hydrogen) atoms. The highest BCUT2D eigenvalue weighted by Crippen LogP contribution is 2.49. The molecular formula is C12H19NO4. The van der Waals surface area contributed by atoms with E-state index in [1.807, 2.05) is 0 Å². The summed E-state index contributed by atoms with van der Waals surface area (Å²) in [5.41, 5.74) is -0.583. The molecule has 0 aromatic heterocycles. The van der Waals surface area contributed by atoms with Crippen LogP contribution in [0.5, 0.6) is 0 Å². The van der Waals surface area contributed by atoms with Gasteiger partial charge >= 0.3 is 12.1 Å². The van der Waals surface area contributed by atoms with Crippen molar-refractivity contribution in [2.45, 2.75) is 45.3 Å². The van der Waals surface area contributed by atoms with Gasteiger partial charge in [0.2, 0.25) is 0 Å². The summed E-state index contributed by atoms with van der Waals surface area (Å²) in [6.45, 7) is 5.84. The van der Waals surface area contributed by atoms with Gasteiger partial charge in [0.25, 0.3) is 0 Å². The van der Waals surface area contributed by atoms with Gasteiger partial charge in [-0.1, -0.05) is 0 Å². The molecule has 0 aromatic rings. The number of piperidine rings is 1. The first-order chi connectivity index (χ1) is 7.79. The van der Waals surface area contributed by atoms with Crippen molar-refractivity contribution in [2.75, 3.05) is 6.54 Å². The van der Waals surface area contributed by atoms with Gasteiger partial charge in [0.1, 0.15) is 11.6 Å². The highest BCUT2D eigenvalue weighted by molar-refractivity contribution is 5.81. The van der Waals surface area contributed by atoms with Gasteiger partial charge in [0.15, 0.2) is 0 Å². The van der Waals surface area contributed by atoms with E-state index in [-0.39, 0.29) is 5.92 Å². The zero-order valence-corrected chi connectivity index (χ0v) is 10.5. The van der Waals surface area contributed by atoms with Gasteiger partial charge < -0.3 is 9.84 Å². The Morgan fingerprint density at radius 1 is 1.35 bits per heavy atom. The first-order valence-corrected chi connectivity index (χ1v) is 6.02. The van der Waals surface area contributed by atoms with E-state index in [0.717, 1.165) is 12.8 Å². The number of carbonyl (C=O) groups excluding carboxylic acids is 1. The lowest BCUT2D eigenvalue weighted by atomic mass is 10.0. The van der Waals surface area contributed by atoms with Gasteiger partial charge in [-0.05, 0) is 45.4 Å². The Labute approximate surface area is 101 Å². The molecule has 2 rings (SSSR count). The Balaban J connectivity index is 2.07. The molecule has 1 aliphatic carbocycles. The number of aliphatic carboxylic acids is 1. The number of hydrogen-bond acceptors (Lipinski definition) is 3. The molecule has 1 saturated heterocycles. The smallest absolute Gasteiger partial charge is 0.411 e. The number of carbonyl (C=O) groups is 2. The summed E-state index contributed by atoms with van der Waals surface area (Å²) < 4.78 is 5.25. The van der Waals surface area contributed by atoms with Crippen LogP contribution in [0.2, 0.25) is 0 Å². The van der Waals surface area contributed by atoms with Crippen LogP contribution in [0.1, 0.15) is 33.6 Å². The molecule has 1 N–H and O–H groups in total. The van der Waals surface area contributed by atoms with Crippen LogP contribution < -0.4 is 0 Å². The average molecular weight is 241 g/mol. The standard InChI is InChI=1S/C12H19NO4/c1-12(2,3)17-11(16)13-5-4-7-6-8(7)9(13)10(14)15/h7-9H,4-6H2,1-3H3,(H,14,15). The molecule has 1 aliphatic heterocycles. The SMILES string of the molecule is CC(C)(C)OC(=O)N1CCC2CC2C1C(=O)O. The number of nitrogens with zero attached hydrogens (tertiary/aromatic N) is 1. The van der Waals surface area contributed by atoms with Crippen LogP contribution in [-0.2, 0) is 9.53 Å². The molecule has 2 aliphatic rings. The fraction of sp³-hybridized carbons (Fsp3) is 0.833.